The Balaban J connectivity index is 2.81. The fourth-order valence-electron chi connectivity index (χ4n) is 1.05. The van der Waals surface area contributed by atoms with E-state index in [0.29, 0.717) is 22.6 Å². The summed E-state index contributed by atoms with van der Waals surface area (Å²) in [6.45, 7) is 0. The van der Waals surface area contributed by atoms with E-state index in [-0.39, 0.29) is 0 Å². The topological polar surface area (TPSA) is 55.8 Å². The second kappa shape index (κ2) is 6.17. The van der Waals surface area contributed by atoms with Gasteiger partial charge in [-0.25, -0.2) is 4.79 Å². The zero-order chi connectivity index (χ0) is 12.0. The molecule has 16 heavy (non-hydrogen) atoms. The number of aliphatic carboxylic acids is 1. The van der Waals surface area contributed by atoms with Crippen molar-refractivity contribution in [1.29, 1.82) is 0 Å². The molecule has 5 heteroatoms. The number of carbonyl (C=O) groups is 1. The molecule has 1 aromatic rings. The van der Waals surface area contributed by atoms with Crippen LogP contribution in [0.25, 0.3) is 0 Å². The van der Waals surface area contributed by atoms with Gasteiger partial charge >= 0.3 is 5.97 Å². The highest BCUT2D eigenvalue weighted by molar-refractivity contribution is 9.09. The van der Waals surface area contributed by atoms with E-state index in [2.05, 4.69) is 15.9 Å². The van der Waals surface area contributed by atoms with Gasteiger partial charge in [0.1, 0.15) is 17.3 Å². The number of hydrogen-bond donors (Lipinski definition) is 1. The molecule has 1 aromatic carbocycles. The van der Waals surface area contributed by atoms with Crippen LogP contribution in [0.1, 0.15) is 0 Å². The minimum atomic E-state index is -1.04. The highest BCUT2D eigenvalue weighted by Gasteiger charge is 2.03. The summed E-state index contributed by atoms with van der Waals surface area (Å²) in [6.07, 6.45) is 1.01. The van der Waals surface area contributed by atoms with Crippen LogP contribution in [0.3, 0.4) is 0 Å². The molecule has 0 fully saturated rings. The molecular formula is C11H11BrO4. The average Bonchev–Trinajstić information content (AvgIpc) is 2.28. The van der Waals surface area contributed by atoms with E-state index in [4.69, 9.17) is 14.6 Å². The molecule has 0 spiro atoms. The Labute approximate surface area is 102 Å². The Morgan fingerprint density at radius 1 is 1.50 bits per heavy atom. The summed E-state index contributed by atoms with van der Waals surface area (Å²) < 4.78 is 10.4. The Morgan fingerprint density at radius 3 is 2.75 bits per heavy atom. The van der Waals surface area contributed by atoms with Crippen LogP contribution in [0.15, 0.2) is 36.1 Å². The van der Waals surface area contributed by atoms with Crippen molar-refractivity contribution in [3.8, 4) is 11.5 Å². The van der Waals surface area contributed by atoms with Gasteiger partial charge in [-0.15, -0.1) is 0 Å². The van der Waals surface area contributed by atoms with Crippen LogP contribution in [0.4, 0.5) is 0 Å². The minimum absolute atomic E-state index is 0.320. The minimum Gasteiger partial charge on any atom is -0.497 e. The van der Waals surface area contributed by atoms with Crippen molar-refractivity contribution >= 4 is 21.9 Å². The molecule has 0 aliphatic rings. The number of hydrogen-bond acceptors (Lipinski definition) is 3. The molecule has 0 amide bonds. The van der Waals surface area contributed by atoms with Gasteiger partial charge in [-0.05, 0) is 12.1 Å². The van der Waals surface area contributed by atoms with Crippen molar-refractivity contribution in [1.82, 2.24) is 0 Å². The number of alkyl halides is 1. The first-order valence-electron chi connectivity index (χ1n) is 4.47. The number of rotatable bonds is 5. The van der Waals surface area contributed by atoms with Crippen LogP contribution in [-0.4, -0.2) is 23.5 Å². The molecule has 0 saturated heterocycles. The van der Waals surface area contributed by atoms with E-state index < -0.39 is 5.97 Å². The summed E-state index contributed by atoms with van der Waals surface area (Å²) in [6, 6.07) is 6.95. The number of ether oxygens (including phenoxy) is 2. The number of benzene rings is 1. The fraction of sp³-hybridized carbons (Fsp3) is 0.182. The van der Waals surface area contributed by atoms with Gasteiger partial charge in [0.2, 0.25) is 0 Å². The van der Waals surface area contributed by atoms with E-state index in [1.54, 1.807) is 31.4 Å². The normalized spacial score (nSPS) is 11.0. The van der Waals surface area contributed by atoms with Gasteiger partial charge in [0, 0.05) is 6.07 Å². The summed E-state index contributed by atoms with van der Waals surface area (Å²) in [5.74, 6) is 0.464. The lowest BCUT2D eigenvalue weighted by Crippen LogP contribution is -2.01. The van der Waals surface area contributed by atoms with Crippen molar-refractivity contribution in [2.45, 2.75) is 0 Å². The molecular weight excluding hydrogens is 276 g/mol. The lowest BCUT2D eigenvalue weighted by Gasteiger charge is -2.08. The molecule has 0 unspecified atom stereocenters. The molecule has 0 atom stereocenters. The van der Waals surface area contributed by atoms with Gasteiger partial charge in [0.05, 0.1) is 18.5 Å². The number of carboxylic acid groups (broad SMARTS) is 1. The lowest BCUT2D eigenvalue weighted by atomic mass is 10.3. The maximum Gasteiger partial charge on any atom is 0.331 e. The van der Waals surface area contributed by atoms with Crippen molar-refractivity contribution in [3.63, 3.8) is 0 Å². The molecule has 0 radical (unpaired) electrons. The van der Waals surface area contributed by atoms with E-state index in [1.807, 2.05) is 0 Å². The van der Waals surface area contributed by atoms with Gasteiger partial charge in [0.15, 0.2) is 0 Å². The monoisotopic (exact) mass is 286 g/mol. The Hall–Kier alpha value is -1.49. The first kappa shape index (κ1) is 12.6. The summed E-state index contributed by atoms with van der Waals surface area (Å²) in [7, 11) is 1.55. The van der Waals surface area contributed by atoms with Crippen LogP contribution in [0, 0.1) is 0 Å². The van der Waals surface area contributed by atoms with E-state index in [1.165, 1.54) is 0 Å². The molecule has 4 nitrogen and oxygen atoms in total. The van der Waals surface area contributed by atoms with Crippen LogP contribution >= 0.6 is 15.9 Å². The maximum atomic E-state index is 10.5. The molecule has 86 valence electrons. The SMILES string of the molecule is COc1cccc(O/C(=C/C(=O)O)CBr)c1. The largest absolute Gasteiger partial charge is 0.497 e. The van der Waals surface area contributed by atoms with Crippen molar-refractivity contribution in [3.05, 3.63) is 36.1 Å². The third-order valence-corrected chi connectivity index (χ3v) is 2.26. The predicted octanol–water partition coefficient (Wildman–Crippen LogP) is 2.44. The first-order valence-corrected chi connectivity index (χ1v) is 5.59. The Bertz CT molecular complexity index is 401. The Morgan fingerprint density at radius 2 is 2.19 bits per heavy atom. The van der Waals surface area contributed by atoms with Crippen molar-refractivity contribution in [2.75, 3.05) is 12.4 Å². The summed E-state index contributed by atoms with van der Waals surface area (Å²) in [5.41, 5.74) is 0. The van der Waals surface area contributed by atoms with Crippen LogP contribution < -0.4 is 9.47 Å². The van der Waals surface area contributed by atoms with Gasteiger partial charge < -0.3 is 14.6 Å². The van der Waals surface area contributed by atoms with Crippen LogP contribution in [0.5, 0.6) is 11.5 Å². The van der Waals surface area contributed by atoms with Crippen molar-refractivity contribution in [2.24, 2.45) is 0 Å². The van der Waals surface area contributed by atoms with E-state index in [0.717, 1.165) is 6.08 Å². The zero-order valence-corrected chi connectivity index (χ0v) is 10.2. The second-order valence-electron chi connectivity index (χ2n) is 2.86. The third kappa shape index (κ3) is 3.94. The molecule has 1 N–H and O–H groups in total. The fourth-order valence-corrected chi connectivity index (χ4v) is 1.33. The standard InChI is InChI=1S/C11H11BrO4/c1-15-8-3-2-4-9(5-8)16-10(7-12)6-11(13)14/h2-6H,7H2,1H3,(H,13,14)/b10-6+. The average molecular weight is 287 g/mol. The lowest BCUT2D eigenvalue weighted by molar-refractivity contribution is -0.131. The number of allylic oxidation sites excluding steroid dienone is 1. The maximum absolute atomic E-state index is 10.5. The smallest absolute Gasteiger partial charge is 0.331 e. The van der Waals surface area contributed by atoms with Gasteiger partial charge in [-0.2, -0.15) is 0 Å². The van der Waals surface area contributed by atoms with Gasteiger partial charge in [-0.3, -0.25) is 0 Å². The van der Waals surface area contributed by atoms with Gasteiger partial charge in [0.25, 0.3) is 0 Å². The molecule has 0 aliphatic carbocycles. The van der Waals surface area contributed by atoms with Crippen LogP contribution in [0.2, 0.25) is 0 Å². The summed E-state index contributed by atoms with van der Waals surface area (Å²) in [5, 5.41) is 8.92. The third-order valence-electron chi connectivity index (χ3n) is 1.71. The molecule has 1 rings (SSSR count). The molecule has 0 bridgehead atoms. The predicted molar refractivity (Wildman–Crippen MR) is 63.1 cm³/mol. The summed E-state index contributed by atoms with van der Waals surface area (Å²) >= 11 is 3.15. The number of methoxy groups -OCH3 is 1. The molecule has 0 aromatic heterocycles. The van der Waals surface area contributed by atoms with E-state index in [9.17, 15) is 4.79 Å². The van der Waals surface area contributed by atoms with Crippen molar-refractivity contribution < 1.29 is 19.4 Å². The zero-order valence-electron chi connectivity index (χ0n) is 8.64. The van der Waals surface area contributed by atoms with Gasteiger partial charge in [-0.1, -0.05) is 22.0 Å². The van der Waals surface area contributed by atoms with Crippen LogP contribution in [-0.2, 0) is 4.79 Å². The Kier molecular flexibility index (Phi) is 4.85. The quantitative estimate of drug-likeness (QED) is 0.513. The molecule has 0 saturated carbocycles. The number of carboxylic acids is 1. The van der Waals surface area contributed by atoms with E-state index >= 15 is 0 Å². The highest BCUT2D eigenvalue weighted by atomic mass is 79.9. The second-order valence-corrected chi connectivity index (χ2v) is 3.42. The summed E-state index contributed by atoms with van der Waals surface area (Å²) in [4.78, 5) is 10.5. The highest BCUT2D eigenvalue weighted by Crippen LogP contribution is 2.21. The number of halogens is 1. The first-order chi connectivity index (χ1) is 7.65. The molecule has 0 heterocycles. The molecule has 0 aliphatic heterocycles.